The van der Waals surface area contributed by atoms with E-state index >= 15 is 0 Å². The fourth-order valence-electron chi connectivity index (χ4n) is 1.72. The molecule has 2 aromatic rings. The Morgan fingerprint density at radius 1 is 1.38 bits per heavy atom. The van der Waals surface area contributed by atoms with Gasteiger partial charge in [0.05, 0.1) is 16.3 Å². The van der Waals surface area contributed by atoms with E-state index in [9.17, 15) is 9.59 Å². The van der Waals surface area contributed by atoms with Crippen LogP contribution in [0.2, 0.25) is 0 Å². The minimum atomic E-state index is -1.01. The first-order chi connectivity index (χ1) is 9.97. The van der Waals surface area contributed by atoms with Crippen LogP contribution in [0.15, 0.2) is 30.5 Å². The molecule has 2 rings (SSSR count). The number of aliphatic carboxylic acids is 1. The molecule has 0 fully saturated rings. The summed E-state index contributed by atoms with van der Waals surface area (Å²) in [6, 6.07) is 5.28. The molecule has 0 aliphatic carbocycles. The second-order valence-electron chi connectivity index (χ2n) is 4.42. The smallest absolute Gasteiger partial charge is 0.328 e. The molecule has 0 saturated carbocycles. The van der Waals surface area contributed by atoms with Gasteiger partial charge in [0.25, 0.3) is 5.91 Å². The van der Waals surface area contributed by atoms with Crippen molar-refractivity contribution in [2.24, 2.45) is 0 Å². The number of thiophene rings is 1. The zero-order valence-corrected chi connectivity index (χ0v) is 12.4. The Kier molecular flexibility index (Phi) is 4.49. The molecular formula is C15H14N2O3S. The van der Waals surface area contributed by atoms with E-state index in [2.05, 4.69) is 10.3 Å². The van der Waals surface area contributed by atoms with Crippen molar-refractivity contribution >= 4 is 35.0 Å². The van der Waals surface area contributed by atoms with Gasteiger partial charge in [-0.1, -0.05) is 0 Å². The molecule has 0 aliphatic heterocycles. The molecule has 0 unspecified atom stereocenters. The molecule has 0 radical (unpaired) electrons. The summed E-state index contributed by atoms with van der Waals surface area (Å²) in [6.45, 7) is 3.65. The van der Waals surface area contributed by atoms with Crippen molar-refractivity contribution in [3.05, 3.63) is 51.5 Å². The van der Waals surface area contributed by atoms with Crippen molar-refractivity contribution in [2.75, 3.05) is 5.32 Å². The SMILES string of the molecule is Cc1cc(C(=O)Nc2cccnc2C)sc1/C=C/C(=O)O. The molecule has 21 heavy (non-hydrogen) atoms. The summed E-state index contributed by atoms with van der Waals surface area (Å²) in [6.07, 6.45) is 4.22. The number of pyridine rings is 1. The van der Waals surface area contributed by atoms with Crippen LogP contribution in [0.25, 0.3) is 6.08 Å². The second-order valence-corrected chi connectivity index (χ2v) is 5.50. The molecule has 0 spiro atoms. The van der Waals surface area contributed by atoms with E-state index in [-0.39, 0.29) is 5.91 Å². The average molecular weight is 302 g/mol. The monoisotopic (exact) mass is 302 g/mol. The molecule has 0 bridgehead atoms. The van der Waals surface area contributed by atoms with Gasteiger partial charge in [-0.15, -0.1) is 11.3 Å². The number of rotatable bonds is 4. The molecular weight excluding hydrogens is 288 g/mol. The topological polar surface area (TPSA) is 79.3 Å². The summed E-state index contributed by atoms with van der Waals surface area (Å²) in [5, 5.41) is 11.4. The number of amides is 1. The predicted octanol–water partition coefficient (Wildman–Crippen LogP) is 3.11. The largest absolute Gasteiger partial charge is 0.478 e. The average Bonchev–Trinajstić information content (AvgIpc) is 2.80. The van der Waals surface area contributed by atoms with E-state index in [1.165, 1.54) is 17.4 Å². The number of hydrogen-bond donors (Lipinski definition) is 2. The molecule has 1 amide bonds. The number of nitrogens with zero attached hydrogens (tertiary/aromatic N) is 1. The standard InChI is InChI=1S/C15H14N2O3S/c1-9-8-13(21-12(9)5-6-14(18)19)15(20)17-11-4-3-7-16-10(11)2/h3-8H,1-2H3,(H,17,20)(H,18,19)/b6-5+. The summed E-state index contributed by atoms with van der Waals surface area (Å²) >= 11 is 1.25. The Morgan fingerprint density at radius 3 is 2.81 bits per heavy atom. The Bertz CT molecular complexity index is 719. The Morgan fingerprint density at radius 2 is 2.14 bits per heavy atom. The van der Waals surface area contributed by atoms with Crippen LogP contribution in [0.1, 0.15) is 25.8 Å². The first-order valence-corrected chi connectivity index (χ1v) is 7.03. The second kappa shape index (κ2) is 6.32. The van der Waals surface area contributed by atoms with Gasteiger partial charge >= 0.3 is 5.97 Å². The zero-order chi connectivity index (χ0) is 15.4. The van der Waals surface area contributed by atoms with Gasteiger partial charge in [-0.05, 0) is 43.7 Å². The molecule has 2 N–H and O–H groups in total. The van der Waals surface area contributed by atoms with Crippen LogP contribution in [0.3, 0.4) is 0 Å². The van der Waals surface area contributed by atoms with E-state index < -0.39 is 5.97 Å². The van der Waals surface area contributed by atoms with Gasteiger partial charge in [0.1, 0.15) is 0 Å². The first-order valence-electron chi connectivity index (χ1n) is 6.22. The van der Waals surface area contributed by atoms with Crippen molar-refractivity contribution in [1.82, 2.24) is 4.98 Å². The highest BCUT2D eigenvalue weighted by atomic mass is 32.1. The summed E-state index contributed by atoms with van der Waals surface area (Å²) < 4.78 is 0. The lowest BCUT2D eigenvalue weighted by Gasteiger charge is -2.05. The number of anilines is 1. The van der Waals surface area contributed by atoms with Crippen molar-refractivity contribution in [3.63, 3.8) is 0 Å². The van der Waals surface area contributed by atoms with Gasteiger partial charge < -0.3 is 10.4 Å². The molecule has 0 aromatic carbocycles. The highest BCUT2D eigenvalue weighted by Crippen LogP contribution is 2.24. The maximum Gasteiger partial charge on any atom is 0.328 e. The molecule has 108 valence electrons. The zero-order valence-electron chi connectivity index (χ0n) is 11.6. The van der Waals surface area contributed by atoms with Crippen LogP contribution in [0.5, 0.6) is 0 Å². The van der Waals surface area contributed by atoms with E-state index in [0.29, 0.717) is 10.6 Å². The van der Waals surface area contributed by atoms with Gasteiger partial charge in [0.2, 0.25) is 0 Å². The number of carboxylic acid groups (broad SMARTS) is 1. The summed E-state index contributed by atoms with van der Waals surface area (Å²) in [5.41, 5.74) is 2.27. The quantitative estimate of drug-likeness (QED) is 0.850. The van der Waals surface area contributed by atoms with Crippen molar-refractivity contribution in [2.45, 2.75) is 13.8 Å². The molecule has 6 heteroatoms. The molecule has 0 saturated heterocycles. The number of aryl methyl sites for hydroxylation is 2. The van der Waals surface area contributed by atoms with Crippen molar-refractivity contribution in [3.8, 4) is 0 Å². The third-order valence-electron chi connectivity index (χ3n) is 2.81. The summed E-state index contributed by atoms with van der Waals surface area (Å²) in [4.78, 5) is 28.1. The van der Waals surface area contributed by atoms with Crippen LogP contribution in [-0.4, -0.2) is 22.0 Å². The minimum absolute atomic E-state index is 0.228. The highest BCUT2D eigenvalue weighted by molar-refractivity contribution is 7.15. The Balaban J connectivity index is 2.19. The third-order valence-corrected chi connectivity index (χ3v) is 4.01. The maximum atomic E-state index is 12.2. The lowest BCUT2D eigenvalue weighted by atomic mass is 10.2. The number of carbonyl (C=O) groups excluding carboxylic acids is 1. The predicted molar refractivity (Wildman–Crippen MR) is 82.7 cm³/mol. The Labute approximate surface area is 126 Å². The third kappa shape index (κ3) is 3.76. The van der Waals surface area contributed by atoms with Gasteiger partial charge in [0, 0.05) is 17.2 Å². The van der Waals surface area contributed by atoms with Gasteiger partial charge in [-0.2, -0.15) is 0 Å². The van der Waals surface area contributed by atoms with Crippen LogP contribution in [-0.2, 0) is 4.79 Å². The van der Waals surface area contributed by atoms with E-state index in [1.807, 2.05) is 13.8 Å². The lowest BCUT2D eigenvalue weighted by molar-refractivity contribution is -0.131. The highest BCUT2D eigenvalue weighted by Gasteiger charge is 2.12. The van der Waals surface area contributed by atoms with Crippen molar-refractivity contribution < 1.29 is 14.7 Å². The van der Waals surface area contributed by atoms with Crippen LogP contribution < -0.4 is 5.32 Å². The number of nitrogens with one attached hydrogen (secondary N) is 1. The van der Waals surface area contributed by atoms with E-state index in [1.54, 1.807) is 24.4 Å². The fourth-order valence-corrected chi connectivity index (χ4v) is 2.69. The molecule has 2 heterocycles. The Hall–Kier alpha value is -2.47. The van der Waals surface area contributed by atoms with Crippen LogP contribution in [0.4, 0.5) is 5.69 Å². The number of carboxylic acids is 1. The van der Waals surface area contributed by atoms with Gasteiger partial charge in [0.15, 0.2) is 0 Å². The number of carbonyl (C=O) groups is 2. The lowest BCUT2D eigenvalue weighted by Crippen LogP contribution is -2.11. The molecule has 5 nitrogen and oxygen atoms in total. The number of hydrogen-bond acceptors (Lipinski definition) is 4. The van der Waals surface area contributed by atoms with E-state index in [0.717, 1.165) is 22.2 Å². The maximum absolute atomic E-state index is 12.2. The number of aromatic nitrogens is 1. The minimum Gasteiger partial charge on any atom is -0.478 e. The van der Waals surface area contributed by atoms with Gasteiger partial charge in [-0.3, -0.25) is 9.78 Å². The molecule has 0 aliphatic rings. The molecule has 2 aromatic heterocycles. The summed E-state index contributed by atoms with van der Waals surface area (Å²) in [5.74, 6) is -1.24. The first kappa shape index (κ1) is 14.9. The van der Waals surface area contributed by atoms with Gasteiger partial charge in [-0.25, -0.2) is 4.79 Å². The van der Waals surface area contributed by atoms with Crippen LogP contribution in [0, 0.1) is 13.8 Å². The van der Waals surface area contributed by atoms with Crippen LogP contribution >= 0.6 is 11.3 Å². The molecule has 0 atom stereocenters. The fraction of sp³-hybridized carbons (Fsp3) is 0.133. The summed E-state index contributed by atoms with van der Waals surface area (Å²) in [7, 11) is 0. The van der Waals surface area contributed by atoms with Crippen molar-refractivity contribution in [1.29, 1.82) is 0 Å². The van der Waals surface area contributed by atoms with E-state index in [4.69, 9.17) is 5.11 Å². The normalized spacial score (nSPS) is 10.8.